The molecule has 9 heteroatoms. The van der Waals surface area contributed by atoms with Gasteiger partial charge in [0, 0.05) is 38.1 Å². The second-order valence-corrected chi connectivity index (χ2v) is 10.6. The van der Waals surface area contributed by atoms with E-state index in [-0.39, 0.29) is 16.8 Å². The van der Waals surface area contributed by atoms with Gasteiger partial charge in [-0.25, -0.2) is 13.6 Å². The number of nitrogens with two attached hydrogens (primary N) is 1. The molecule has 1 saturated carbocycles. The number of fused-ring (bicyclic) bond motifs is 1. The van der Waals surface area contributed by atoms with E-state index >= 15 is 0 Å². The Morgan fingerprint density at radius 3 is 2.55 bits per heavy atom. The van der Waals surface area contributed by atoms with E-state index in [0.29, 0.717) is 43.3 Å². The Balaban J connectivity index is 1.25. The zero-order chi connectivity index (χ0) is 22.2. The van der Waals surface area contributed by atoms with Gasteiger partial charge in [0.1, 0.15) is 0 Å². The van der Waals surface area contributed by atoms with Gasteiger partial charge in [0.15, 0.2) is 0 Å². The first-order chi connectivity index (χ1) is 14.7. The van der Waals surface area contributed by atoms with Gasteiger partial charge in [-0.15, -0.1) is 0 Å². The van der Waals surface area contributed by atoms with Crippen molar-refractivity contribution in [1.29, 1.82) is 0 Å². The average molecular weight is 449 g/mol. The lowest BCUT2D eigenvalue weighted by Gasteiger charge is -2.48. The largest absolute Gasteiger partial charge is 0.354 e. The number of carbonyl (C=O) groups is 2. The lowest BCUT2D eigenvalue weighted by Crippen LogP contribution is -2.59. The highest BCUT2D eigenvalue weighted by Gasteiger charge is 2.46. The first-order valence-corrected chi connectivity index (χ1v) is 12.7. The summed E-state index contributed by atoms with van der Waals surface area (Å²) in [6.07, 6.45) is 5.40. The monoisotopic (exact) mass is 448 g/mol. The van der Waals surface area contributed by atoms with Gasteiger partial charge >= 0.3 is 0 Å². The summed E-state index contributed by atoms with van der Waals surface area (Å²) in [4.78, 5) is 29.6. The molecule has 1 aromatic carbocycles. The first-order valence-electron chi connectivity index (χ1n) is 11.2. The highest BCUT2D eigenvalue weighted by atomic mass is 32.2. The van der Waals surface area contributed by atoms with Crippen LogP contribution in [-0.4, -0.2) is 67.8 Å². The predicted molar refractivity (Wildman–Crippen MR) is 117 cm³/mol. The highest BCUT2D eigenvalue weighted by molar-refractivity contribution is 7.89. The fourth-order valence-electron chi connectivity index (χ4n) is 4.99. The van der Waals surface area contributed by atoms with E-state index < -0.39 is 10.0 Å². The van der Waals surface area contributed by atoms with Crippen molar-refractivity contribution in [3.63, 3.8) is 0 Å². The molecule has 8 nitrogen and oxygen atoms in total. The normalized spacial score (nSPS) is 25.7. The predicted octanol–water partition coefficient (Wildman–Crippen LogP) is 0.857. The molecule has 31 heavy (non-hydrogen) atoms. The van der Waals surface area contributed by atoms with E-state index in [9.17, 15) is 18.0 Å². The number of carbonyl (C=O) groups excluding carboxylic acids is 2. The Bertz CT molecular complexity index is 929. The molecule has 0 bridgehead atoms. The first kappa shape index (κ1) is 22.2. The molecule has 2 aliphatic heterocycles. The summed E-state index contributed by atoms with van der Waals surface area (Å²) < 4.78 is 22.7. The summed E-state index contributed by atoms with van der Waals surface area (Å²) in [6.45, 7) is 4.14. The van der Waals surface area contributed by atoms with Gasteiger partial charge in [0.05, 0.1) is 10.9 Å². The zero-order valence-corrected chi connectivity index (χ0v) is 18.8. The lowest BCUT2D eigenvalue weighted by atomic mass is 9.83. The molecule has 3 aliphatic rings. The minimum Gasteiger partial charge on any atom is -0.354 e. The van der Waals surface area contributed by atoms with Crippen LogP contribution < -0.4 is 10.5 Å². The highest BCUT2D eigenvalue weighted by Crippen LogP contribution is 2.39. The van der Waals surface area contributed by atoms with Crippen molar-refractivity contribution in [3.8, 4) is 0 Å². The van der Waals surface area contributed by atoms with Gasteiger partial charge in [0.2, 0.25) is 21.8 Å². The van der Waals surface area contributed by atoms with Crippen molar-refractivity contribution in [2.24, 2.45) is 11.1 Å². The number of nitrogens with zero attached hydrogens (tertiary/aromatic N) is 2. The Morgan fingerprint density at radius 1 is 1.19 bits per heavy atom. The average Bonchev–Trinajstić information content (AvgIpc) is 3.57. The molecule has 2 amide bonds. The van der Waals surface area contributed by atoms with Crippen molar-refractivity contribution in [2.45, 2.75) is 68.5 Å². The molecule has 0 unspecified atom stereocenters. The molecule has 4 rings (SSSR count). The molecule has 2 heterocycles. The molecule has 1 aromatic rings. The Kier molecular flexibility index (Phi) is 6.37. The van der Waals surface area contributed by atoms with Gasteiger partial charge in [-0.1, -0.05) is 12.1 Å². The van der Waals surface area contributed by atoms with Crippen LogP contribution in [0.2, 0.25) is 0 Å². The summed E-state index contributed by atoms with van der Waals surface area (Å²) in [6, 6.07) is 7.01. The smallest absolute Gasteiger partial charge is 0.238 e. The second kappa shape index (κ2) is 8.88. The van der Waals surface area contributed by atoms with E-state index in [2.05, 4.69) is 15.1 Å². The molecular formula is C22H32N4O4S. The maximum atomic E-state index is 12.7. The van der Waals surface area contributed by atoms with Gasteiger partial charge in [-0.2, -0.15) is 0 Å². The van der Waals surface area contributed by atoms with Crippen LogP contribution in [0.4, 0.5) is 0 Å². The SMILES string of the molecule is C[C@H](C(=O)NCCc1ccc(S(N)(=O)=O)cc1)N1CC[C@H]2[C@H](CCC(=O)N2C2CC2)C1. The third kappa shape index (κ3) is 5.10. The molecule has 0 aromatic heterocycles. The van der Waals surface area contributed by atoms with Gasteiger partial charge in [-0.3, -0.25) is 14.5 Å². The number of rotatable bonds is 7. The minimum absolute atomic E-state index is 0.00513. The number of hydrogen-bond acceptors (Lipinski definition) is 5. The van der Waals surface area contributed by atoms with Crippen LogP contribution in [0, 0.1) is 5.92 Å². The Labute approximate surface area is 184 Å². The molecule has 3 fully saturated rings. The summed E-state index contributed by atoms with van der Waals surface area (Å²) in [5.74, 6) is 0.783. The number of likely N-dealkylation sites (tertiary alicyclic amines) is 2. The summed E-state index contributed by atoms with van der Waals surface area (Å²) >= 11 is 0. The Morgan fingerprint density at radius 2 is 1.90 bits per heavy atom. The van der Waals surface area contributed by atoms with E-state index in [1.165, 1.54) is 12.1 Å². The number of hydrogen-bond donors (Lipinski definition) is 2. The molecule has 3 atom stereocenters. The fourth-order valence-corrected chi connectivity index (χ4v) is 5.50. The van der Waals surface area contributed by atoms with Crippen LogP contribution in [0.1, 0.15) is 44.6 Å². The maximum Gasteiger partial charge on any atom is 0.238 e. The van der Waals surface area contributed by atoms with E-state index in [0.717, 1.165) is 44.3 Å². The van der Waals surface area contributed by atoms with Crippen LogP contribution in [-0.2, 0) is 26.0 Å². The second-order valence-electron chi connectivity index (χ2n) is 9.09. The molecule has 170 valence electrons. The topological polar surface area (TPSA) is 113 Å². The molecule has 0 radical (unpaired) electrons. The van der Waals surface area contributed by atoms with E-state index in [1.54, 1.807) is 12.1 Å². The van der Waals surface area contributed by atoms with E-state index in [4.69, 9.17) is 5.14 Å². The quantitative estimate of drug-likeness (QED) is 0.642. The summed E-state index contributed by atoms with van der Waals surface area (Å²) in [5.41, 5.74) is 0.938. The van der Waals surface area contributed by atoms with E-state index in [1.807, 2.05) is 6.92 Å². The number of sulfonamides is 1. The molecule has 2 saturated heterocycles. The van der Waals surface area contributed by atoms with Crippen molar-refractivity contribution in [3.05, 3.63) is 29.8 Å². The molecule has 0 spiro atoms. The van der Waals surface area contributed by atoms with Crippen molar-refractivity contribution in [2.75, 3.05) is 19.6 Å². The molecular weight excluding hydrogens is 416 g/mol. The minimum atomic E-state index is -3.69. The third-order valence-corrected chi connectivity index (χ3v) is 7.86. The van der Waals surface area contributed by atoms with Crippen LogP contribution >= 0.6 is 0 Å². The van der Waals surface area contributed by atoms with Crippen molar-refractivity contribution >= 4 is 21.8 Å². The molecule has 3 N–H and O–H groups in total. The number of amides is 2. The van der Waals surface area contributed by atoms with Crippen LogP contribution in [0.25, 0.3) is 0 Å². The van der Waals surface area contributed by atoms with Gasteiger partial charge < -0.3 is 10.2 Å². The van der Waals surface area contributed by atoms with Crippen LogP contribution in [0.3, 0.4) is 0 Å². The fraction of sp³-hybridized carbons (Fsp3) is 0.636. The molecule has 1 aliphatic carbocycles. The summed E-state index contributed by atoms with van der Waals surface area (Å²) in [7, 11) is -3.69. The number of benzene rings is 1. The maximum absolute atomic E-state index is 12.7. The summed E-state index contributed by atoms with van der Waals surface area (Å²) in [5, 5.41) is 8.12. The zero-order valence-electron chi connectivity index (χ0n) is 18.0. The Hall–Kier alpha value is -1.97. The number of nitrogens with one attached hydrogen (secondary N) is 1. The van der Waals surface area contributed by atoms with Gasteiger partial charge in [-0.05, 0) is 62.6 Å². The van der Waals surface area contributed by atoms with Gasteiger partial charge in [0.25, 0.3) is 0 Å². The van der Waals surface area contributed by atoms with Crippen LogP contribution in [0.5, 0.6) is 0 Å². The number of primary sulfonamides is 1. The standard InChI is InChI=1S/C22H32N4O4S/c1-15(22(28)24-12-10-16-2-7-19(8-3-16)31(23,29)30)25-13-11-20-17(14-25)4-9-21(27)26(20)18-5-6-18/h2-3,7-8,15,17-18,20H,4-6,9-14H2,1H3,(H,24,28)(H2,23,29,30)/t15-,17-,20+/m1/s1. The van der Waals surface area contributed by atoms with Crippen LogP contribution in [0.15, 0.2) is 29.2 Å². The third-order valence-electron chi connectivity index (χ3n) is 6.93. The van der Waals surface area contributed by atoms with Crippen molar-refractivity contribution in [1.82, 2.24) is 15.1 Å². The number of piperidine rings is 2. The lowest BCUT2D eigenvalue weighted by molar-refractivity contribution is -0.143. The van der Waals surface area contributed by atoms with Crippen molar-refractivity contribution < 1.29 is 18.0 Å².